The first-order valence-electron chi connectivity index (χ1n) is 8.58. The van der Waals surface area contributed by atoms with Crippen LogP contribution in [0.5, 0.6) is 5.75 Å². The molecule has 1 N–H and O–H groups in total. The first-order valence-corrected chi connectivity index (χ1v) is 8.58. The fourth-order valence-corrected chi connectivity index (χ4v) is 2.76. The molecule has 1 aliphatic rings. The zero-order valence-corrected chi connectivity index (χ0v) is 14.2. The molecule has 0 bridgehead atoms. The number of nitrogens with zero attached hydrogens (tertiary/aromatic N) is 2. The van der Waals surface area contributed by atoms with E-state index < -0.39 is 0 Å². The minimum absolute atomic E-state index is 0.219. The monoisotopic (exact) mass is 349 g/mol. The Bertz CT molecular complexity index is 911. The van der Waals surface area contributed by atoms with Gasteiger partial charge in [-0.2, -0.15) is 0 Å². The van der Waals surface area contributed by atoms with Crippen molar-refractivity contribution in [2.24, 2.45) is 0 Å². The average Bonchev–Trinajstić information content (AvgIpc) is 3.11. The highest BCUT2D eigenvalue weighted by Crippen LogP contribution is 2.19. The van der Waals surface area contributed by atoms with Crippen LogP contribution < -0.4 is 10.1 Å². The maximum atomic E-state index is 12.1. The number of aromatic nitrogens is 2. The van der Waals surface area contributed by atoms with Gasteiger partial charge in [-0.25, -0.2) is 4.98 Å². The van der Waals surface area contributed by atoms with Crippen LogP contribution in [0, 0.1) is 0 Å². The number of imidazole rings is 1. The topological polar surface area (TPSA) is 64.9 Å². The lowest BCUT2D eigenvalue weighted by molar-refractivity contribution is -0.116. The minimum Gasteiger partial charge on any atom is -0.488 e. The maximum absolute atomic E-state index is 12.1. The van der Waals surface area contributed by atoms with Crippen molar-refractivity contribution in [2.75, 3.05) is 11.9 Å². The van der Waals surface area contributed by atoms with Crippen molar-refractivity contribution in [3.05, 3.63) is 72.4 Å². The molecule has 0 saturated carbocycles. The van der Waals surface area contributed by atoms with Crippen LogP contribution in [0.1, 0.15) is 18.5 Å². The van der Waals surface area contributed by atoms with Gasteiger partial charge in [0.05, 0.1) is 12.3 Å². The summed E-state index contributed by atoms with van der Waals surface area (Å²) >= 11 is 0. The Kier molecular flexibility index (Phi) is 4.55. The van der Waals surface area contributed by atoms with Gasteiger partial charge in [0.1, 0.15) is 18.0 Å². The molecule has 1 amide bonds. The molecular formula is C20H19N3O3. The quantitative estimate of drug-likeness (QED) is 0.765. The number of hydrogen-bond donors (Lipinski definition) is 1. The Morgan fingerprint density at radius 1 is 1.23 bits per heavy atom. The van der Waals surface area contributed by atoms with Gasteiger partial charge >= 0.3 is 0 Å². The van der Waals surface area contributed by atoms with E-state index in [1.807, 2.05) is 53.2 Å². The average molecular weight is 349 g/mol. The fourth-order valence-electron chi connectivity index (χ4n) is 2.76. The van der Waals surface area contributed by atoms with E-state index in [0.29, 0.717) is 30.4 Å². The second-order valence-electron chi connectivity index (χ2n) is 6.02. The Balaban J connectivity index is 1.35. The molecule has 1 aromatic carbocycles. The van der Waals surface area contributed by atoms with E-state index in [-0.39, 0.29) is 5.91 Å². The van der Waals surface area contributed by atoms with Crippen LogP contribution >= 0.6 is 0 Å². The lowest BCUT2D eigenvalue weighted by Gasteiger charge is -2.14. The van der Waals surface area contributed by atoms with Crippen LogP contribution in [0.2, 0.25) is 0 Å². The number of amides is 1. The van der Waals surface area contributed by atoms with E-state index in [0.717, 1.165) is 24.2 Å². The number of carbonyl (C=O) groups is 1. The second-order valence-corrected chi connectivity index (χ2v) is 6.02. The van der Waals surface area contributed by atoms with Crippen LogP contribution in [0.15, 0.2) is 66.7 Å². The third-order valence-corrected chi connectivity index (χ3v) is 4.07. The van der Waals surface area contributed by atoms with Crippen molar-refractivity contribution in [3.8, 4) is 5.75 Å². The molecule has 26 heavy (non-hydrogen) atoms. The van der Waals surface area contributed by atoms with Gasteiger partial charge < -0.3 is 19.2 Å². The molecule has 4 rings (SSSR count). The molecule has 1 aliphatic heterocycles. The van der Waals surface area contributed by atoms with Crippen molar-refractivity contribution < 1.29 is 14.3 Å². The number of hydrogen-bond acceptors (Lipinski definition) is 4. The molecule has 2 aromatic heterocycles. The molecule has 0 fully saturated rings. The van der Waals surface area contributed by atoms with Gasteiger partial charge in [-0.3, -0.25) is 4.79 Å². The Hall–Kier alpha value is -3.28. The summed E-state index contributed by atoms with van der Waals surface area (Å²) in [5.41, 5.74) is 2.45. The van der Waals surface area contributed by atoms with Crippen LogP contribution in [0.4, 0.5) is 5.69 Å². The van der Waals surface area contributed by atoms with E-state index >= 15 is 0 Å². The summed E-state index contributed by atoms with van der Waals surface area (Å²) in [6.07, 6.45) is 7.55. The maximum Gasteiger partial charge on any atom is 0.290 e. The standard InChI is InChI=1S/C20H19N3O3/c24-20(18-5-2-4-12-25-18)22-15-7-9-17(10-8-15)26-14-16-13-23-11-3-1-6-19(23)21-16/h1,3,5-11,13H,2,4,12,14H2,(H,22,24). The number of ether oxygens (including phenoxy) is 2. The molecule has 0 unspecified atom stereocenters. The third kappa shape index (κ3) is 3.69. The fraction of sp³-hybridized carbons (Fsp3) is 0.200. The van der Waals surface area contributed by atoms with Gasteiger partial charge in [0.15, 0.2) is 5.76 Å². The minimum atomic E-state index is -0.219. The molecule has 0 aliphatic carbocycles. The van der Waals surface area contributed by atoms with E-state index in [2.05, 4.69) is 10.3 Å². The first kappa shape index (κ1) is 16.2. The van der Waals surface area contributed by atoms with E-state index in [1.165, 1.54) is 0 Å². The summed E-state index contributed by atoms with van der Waals surface area (Å²) in [5, 5.41) is 2.83. The number of allylic oxidation sites excluding steroid dienone is 1. The van der Waals surface area contributed by atoms with Crippen molar-refractivity contribution in [1.82, 2.24) is 9.38 Å². The molecule has 0 atom stereocenters. The molecule has 6 nitrogen and oxygen atoms in total. The summed E-state index contributed by atoms with van der Waals surface area (Å²) in [6.45, 7) is 0.975. The zero-order valence-electron chi connectivity index (χ0n) is 14.2. The van der Waals surface area contributed by atoms with Crippen LogP contribution in [0.3, 0.4) is 0 Å². The summed E-state index contributed by atoms with van der Waals surface area (Å²) in [6, 6.07) is 13.1. The molecule has 3 aromatic rings. The van der Waals surface area contributed by atoms with Crippen molar-refractivity contribution >= 4 is 17.2 Å². The summed E-state index contributed by atoms with van der Waals surface area (Å²) < 4.78 is 13.1. The van der Waals surface area contributed by atoms with Crippen molar-refractivity contribution in [2.45, 2.75) is 19.4 Å². The van der Waals surface area contributed by atoms with Crippen molar-refractivity contribution in [1.29, 1.82) is 0 Å². The van der Waals surface area contributed by atoms with Crippen LogP contribution in [-0.4, -0.2) is 21.9 Å². The predicted molar refractivity (Wildman–Crippen MR) is 97.9 cm³/mol. The van der Waals surface area contributed by atoms with E-state index in [1.54, 1.807) is 12.1 Å². The van der Waals surface area contributed by atoms with Gasteiger partial charge in [0.2, 0.25) is 0 Å². The highest BCUT2D eigenvalue weighted by molar-refractivity contribution is 6.02. The number of fused-ring (bicyclic) bond motifs is 1. The Labute approximate surface area is 151 Å². The number of carbonyl (C=O) groups excluding carboxylic acids is 1. The second kappa shape index (κ2) is 7.31. The van der Waals surface area contributed by atoms with Gasteiger partial charge in [-0.15, -0.1) is 0 Å². The lowest BCUT2D eigenvalue weighted by atomic mass is 10.2. The third-order valence-electron chi connectivity index (χ3n) is 4.07. The van der Waals surface area contributed by atoms with E-state index in [4.69, 9.17) is 9.47 Å². The SMILES string of the molecule is O=C(Nc1ccc(OCc2cn3ccccc3n2)cc1)C1=CCCCO1. The molecule has 0 radical (unpaired) electrons. The van der Waals surface area contributed by atoms with E-state index in [9.17, 15) is 4.79 Å². The lowest BCUT2D eigenvalue weighted by Crippen LogP contribution is -2.18. The summed E-state index contributed by atoms with van der Waals surface area (Å²) in [7, 11) is 0. The molecule has 0 spiro atoms. The smallest absolute Gasteiger partial charge is 0.290 e. The van der Waals surface area contributed by atoms with Crippen LogP contribution in [-0.2, 0) is 16.1 Å². The predicted octanol–water partition coefficient (Wildman–Crippen LogP) is 3.55. The molecule has 132 valence electrons. The first-order chi connectivity index (χ1) is 12.8. The number of nitrogens with one attached hydrogen (secondary N) is 1. The van der Waals surface area contributed by atoms with Gasteiger partial charge in [-0.05, 0) is 55.3 Å². The number of pyridine rings is 1. The highest BCUT2D eigenvalue weighted by atomic mass is 16.5. The Morgan fingerprint density at radius 2 is 2.12 bits per heavy atom. The molecule has 0 saturated heterocycles. The van der Waals surface area contributed by atoms with Gasteiger partial charge in [0.25, 0.3) is 5.91 Å². The highest BCUT2D eigenvalue weighted by Gasteiger charge is 2.13. The van der Waals surface area contributed by atoms with Gasteiger partial charge in [0, 0.05) is 18.1 Å². The number of benzene rings is 1. The molecular weight excluding hydrogens is 330 g/mol. The normalized spacial score (nSPS) is 13.8. The van der Waals surface area contributed by atoms with Crippen molar-refractivity contribution in [3.63, 3.8) is 0 Å². The van der Waals surface area contributed by atoms with Crippen LogP contribution in [0.25, 0.3) is 5.65 Å². The summed E-state index contributed by atoms with van der Waals surface area (Å²) in [5.74, 6) is 0.889. The summed E-state index contributed by atoms with van der Waals surface area (Å²) in [4.78, 5) is 16.6. The number of anilines is 1. The number of rotatable bonds is 5. The molecule has 6 heteroatoms. The van der Waals surface area contributed by atoms with Gasteiger partial charge in [-0.1, -0.05) is 6.07 Å². The molecule has 3 heterocycles. The Morgan fingerprint density at radius 3 is 2.88 bits per heavy atom. The zero-order chi connectivity index (χ0) is 17.8. The largest absolute Gasteiger partial charge is 0.488 e.